The van der Waals surface area contributed by atoms with E-state index in [1.165, 1.54) is 13.5 Å². The van der Waals surface area contributed by atoms with Crippen LogP contribution in [-0.4, -0.2) is 44.7 Å². The third-order valence-corrected chi connectivity index (χ3v) is 3.25. The van der Waals surface area contributed by atoms with Crippen LogP contribution in [0.25, 0.3) is 0 Å². The smallest absolute Gasteiger partial charge is 0.337 e. The predicted octanol–water partition coefficient (Wildman–Crippen LogP) is 1.80. The van der Waals surface area contributed by atoms with Crippen LogP contribution in [-0.2, 0) is 4.74 Å². The molecule has 1 aliphatic heterocycles. The van der Waals surface area contributed by atoms with E-state index in [0.29, 0.717) is 11.5 Å². The first-order valence-corrected chi connectivity index (χ1v) is 6.19. The monoisotopic (exact) mass is 249 g/mol. The van der Waals surface area contributed by atoms with Crippen LogP contribution in [0.3, 0.4) is 0 Å². The van der Waals surface area contributed by atoms with Crippen LogP contribution >= 0.6 is 0 Å². The number of methoxy groups -OCH3 is 1. The number of hydrogen-bond donors (Lipinski definition) is 0. The van der Waals surface area contributed by atoms with Gasteiger partial charge in [0.1, 0.15) is 5.75 Å². The lowest BCUT2D eigenvalue weighted by Gasteiger charge is -2.12. The third-order valence-electron chi connectivity index (χ3n) is 3.25. The summed E-state index contributed by atoms with van der Waals surface area (Å²) in [5.41, 5.74) is 0.547. The van der Waals surface area contributed by atoms with Gasteiger partial charge >= 0.3 is 5.97 Å². The third kappa shape index (κ3) is 3.23. The average molecular weight is 249 g/mol. The van der Waals surface area contributed by atoms with E-state index >= 15 is 0 Å². The highest BCUT2D eigenvalue weighted by Gasteiger charge is 2.19. The maximum Gasteiger partial charge on any atom is 0.337 e. The fraction of sp³-hybridized carbons (Fsp3) is 0.500. The van der Waals surface area contributed by atoms with Gasteiger partial charge in [-0.05, 0) is 44.3 Å². The van der Waals surface area contributed by atoms with E-state index in [0.717, 1.165) is 25.4 Å². The molecule has 2 rings (SSSR count). The van der Waals surface area contributed by atoms with Gasteiger partial charge < -0.3 is 14.4 Å². The Morgan fingerprint density at radius 3 is 2.67 bits per heavy atom. The summed E-state index contributed by atoms with van der Waals surface area (Å²) in [5.74, 6) is 1.09. The zero-order valence-electron chi connectivity index (χ0n) is 10.9. The minimum absolute atomic E-state index is 0.320. The Hall–Kier alpha value is -1.55. The van der Waals surface area contributed by atoms with E-state index in [1.807, 2.05) is 12.1 Å². The molecule has 0 aromatic heterocycles. The Balaban J connectivity index is 1.85. The summed E-state index contributed by atoms with van der Waals surface area (Å²) >= 11 is 0. The second-order valence-corrected chi connectivity index (χ2v) is 4.74. The lowest BCUT2D eigenvalue weighted by atomic mass is 10.1. The van der Waals surface area contributed by atoms with E-state index in [4.69, 9.17) is 4.74 Å². The summed E-state index contributed by atoms with van der Waals surface area (Å²) in [7, 11) is 3.51. The van der Waals surface area contributed by atoms with Crippen LogP contribution < -0.4 is 4.74 Å². The van der Waals surface area contributed by atoms with Crippen molar-refractivity contribution in [3.63, 3.8) is 0 Å². The summed E-state index contributed by atoms with van der Waals surface area (Å²) in [4.78, 5) is 13.6. The van der Waals surface area contributed by atoms with Gasteiger partial charge in [-0.15, -0.1) is 0 Å². The molecule has 1 unspecified atom stereocenters. The highest BCUT2D eigenvalue weighted by atomic mass is 16.5. The molecule has 18 heavy (non-hydrogen) atoms. The Labute approximate surface area is 107 Å². The van der Waals surface area contributed by atoms with Crippen molar-refractivity contribution in [1.82, 2.24) is 4.90 Å². The van der Waals surface area contributed by atoms with Crippen LogP contribution in [0.2, 0.25) is 0 Å². The maximum absolute atomic E-state index is 11.3. The molecular formula is C14H19NO3. The summed E-state index contributed by atoms with van der Waals surface area (Å²) in [6, 6.07) is 7.07. The molecule has 0 radical (unpaired) electrons. The fourth-order valence-corrected chi connectivity index (χ4v) is 2.18. The Morgan fingerprint density at radius 2 is 2.11 bits per heavy atom. The molecular weight excluding hydrogens is 230 g/mol. The molecule has 0 saturated carbocycles. The molecule has 98 valence electrons. The van der Waals surface area contributed by atoms with Gasteiger partial charge in [0.2, 0.25) is 0 Å². The van der Waals surface area contributed by atoms with Gasteiger partial charge in [0.25, 0.3) is 0 Å². The van der Waals surface area contributed by atoms with Crippen molar-refractivity contribution in [3.8, 4) is 5.75 Å². The second kappa shape index (κ2) is 5.87. The maximum atomic E-state index is 11.3. The number of nitrogens with zero attached hydrogens (tertiary/aromatic N) is 1. The highest BCUT2D eigenvalue weighted by Crippen LogP contribution is 2.18. The van der Waals surface area contributed by atoms with Crippen molar-refractivity contribution < 1.29 is 14.3 Å². The zero-order valence-corrected chi connectivity index (χ0v) is 10.9. The SMILES string of the molecule is COC(=O)c1ccc(OCC2CCN(C)C2)cc1. The van der Waals surface area contributed by atoms with Crippen molar-refractivity contribution in [2.75, 3.05) is 33.9 Å². The first kappa shape index (κ1) is 12.9. The highest BCUT2D eigenvalue weighted by molar-refractivity contribution is 5.89. The predicted molar refractivity (Wildman–Crippen MR) is 68.9 cm³/mol. The van der Waals surface area contributed by atoms with E-state index in [2.05, 4.69) is 16.7 Å². The van der Waals surface area contributed by atoms with Gasteiger partial charge in [-0.2, -0.15) is 0 Å². The molecule has 1 aromatic carbocycles. The number of carbonyl (C=O) groups is 1. The van der Waals surface area contributed by atoms with Crippen molar-refractivity contribution >= 4 is 5.97 Å². The summed E-state index contributed by atoms with van der Waals surface area (Å²) < 4.78 is 10.4. The lowest BCUT2D eigenvalue weighted by molar-refractivity contribution is 0.0600. The lowest BCUT2D eigenvalue weighted by Crippen LogP contribution is -2.17. The molecule has 0 bridgehead atoms. The Kier molecular flexibility index (Phi) is 4.20. The number of likely N-dealkylation sites (tertiary alicyclic amines) is 1. The summed E-state index contributed by atoms with van der Waals surface area (Å²) in [5, 5.41) is 0. The van der Waals surface area contributed by atoms with E-state index in [9.17, 15) is 4.79 Å². The summed E-state index contributed by atoms with van der Waals surface area (Å²) in [6.45, 7) is 2.98. The van der Waals surface area contributed by atoms with Crippen molar-refractivity contribution in [2.45, 2.75) is 6.42 Å². The first-order chi connectivity index (χ1) is 8.69. The Morgan fingerprint density at radius 1 is 1.39 bits per heavy atom. The molecule has 1 fully saturated rings. The molecule has 4 nitrogen and oxygen atoms in total. The molecule has 0 amide bonds. The second-order valence-electron chi connectivity index (χ2n) is 4.74. The van der Waals surface area contributed by atoms with Gasteiger partial charge in [0, 0.05) is 12.5 Å². The molecule has 0 N–H and O–H groups in total. The molecule has 4 heteroatoms. The van der Waals surface area contributed by atoms with Gasteiger partial charge in [0.05, 0.1) is 19.3 Å². The fourth-order valence-electron chi connectivity index (χ4n) is 2.18. The van der Waals surface area contributed by atoms with Crippen molar-refractivity contribution in [2.24, 2.45) is 5.92 Å². The number of hydrogen-bond acceptors (Lipinski definition) is 4. The van der Waals surface area contributed by atoms with Crippen LogP contribution in [0.15, 0.2) is 24.3 Å². The van der Waals surface area contributed by atoms with Gasteiger partial charge in [-0.1, -0.05) is 0 Å². The molecule has 1 aromatic rings. The standard InChI is InChI=1S/C14H19NO3/c1-15-8-7-11(9-15)10-18-13-5-3-12(4-6-13)14(16)17-2/h3-6,11H,7-10H2,1-2H3. The van der Waals surface area contributed by atoms with Gasteiger partial charge in [-0.25, -0.2) is 4.79 Å². The zero-order chi connectivity index (χ0) is 13.0. The number of rotatable bonds is 4. The van der Waals surface area contributed by atoms with Gasteiger partial charge in [-0.3, -0.25) is 0 Å². The molecule has 0 spiro atoms. The largest absolute Gasteiger partial charge is 0.493 e. The van der Waals surface area contributed by atoms with Gasteiger partial charge in [0.15, 0.2) is 0 Å². The van der Waals surface area contributed by atoms with E-state index in [1.54, 1.807) is 12.1 Å². The topological polar surface area (TPSA) is 38.8 Å². The minimum atomic E-state index is -0.320. The van der Waals surface area contributed by atoms with Crippen LogP contribution in [0.5, 0.6) is 5.75 Å². The first-order valence-electron chi connectivity index (χ1n) is 6.19. The number of ether oxygens (including phenoxy) is 2. The number of esters is 1. The normalized spacial score (nSPS) is 19.8. The quantitative estimate of drug-likeness (QED) is 0.763. The number of carbonyl (C=O) groups excluding carboxylic acids is 1. The van der Waals surface area contributed by atoms with Crippen molar-refractivity contribution in [1.29, 1.82) is 0 Å². The number of benzene rings is 1. The average Bonchev–Trinajstić information content (AvgIpc) is 2.82. The molecule has 0 aliphatic carbocycles. The van der Waals surface area contributed by atoms with Crippen LogP contribution in [0, 0.1) is 5.92 Å². The molecule has 1 saturated heterocycles. The Bertz CT molecular complexity index is 402. The summed E-state index contributed by atoms with van der Waals surface area (Å²) in [6.07, 6.45) is 1.19. The van der Waals surface area contributed by atoms with Crippen LogP contribution in [0.1, 0.15) is 16.8 Å². The van der Waals surface area contributed by atoms with E-state index < -0.39 is 0 Å². The molecule has 1 aliphatic rings. The molecule has 1 atom stereocenters. The minimum Gasteiger partial charge on any atom is -0.493 e. The van der Waals surface area contributed by atoms with E-state index in [-0.39, 0.29) is 5.97 Å². The van der Waals surface area contributed by atoms with Crippen LogP contribution in [0.4, 0.5) is 0 Å². The molecule has 1 heterocycles. The van der Waals surface area contributed by atoms with Crippen molar-refractivity contribution in [3.05, 3.63) is 29.8 Å².